The van der Waals surface area contributed by atoms with Crippen molar-refractivity contribution >= 4 is 29.9 Å². The van der Waals surface area contributed by atoms with Gasteiger partial charge in [-0.3, -0.25) is 4.99 Å². The van der Waals surface area contributed by atoms with Crippen LogP contribution >= 0.6 is 24.0 Å². The van der Waals surface area contributed by atoms with Crippen LogP contribution in [0.1, 0.15) is 50.7 Å². The molecule has 2 N–H and O–H groups in total. The first-order chi connectivity index (χ1) is 9.90. The van der Waals surface area contributed by atoms with Crippen molar-refractivity contribution in [2.24, 2.45) is 4.99 Å². The summed E-state index contributed by atoms with van der Waals surface area (Å²) in [5, 5.41) is 7.14. The highest BCUT2D eigenvalue weighted by atomic mass is 127. The average molecular weight is 403 g/mol. The Balaban J connectivity index is 0.00000161. The van der Waals surface area contributed by atoms with Crippen LogP contribution in [-0.2, 0) is 6.42 Å². The Morgan fingerprint density at radius 1 is 1.10 bits per heavy atom. The van der Waals surface area contributed by atoms with E-state index in [2.05, 4.69) is 10.6 Å². The topological polar surface area (TPSA) is 49.6 Å². The van der Waals surface area contributed by atoms with Gasteiger partial charge in [0.05, 0.1) is 6.26 Å². The van der Waals surface area contributed by atoms with E-state index < -0.39 is 0 Å². The van der Waals surface area contributed by atoms with Crippen LogP contribution in [0.15, 0.2) is 27.8 Å². The summed E-state index contributed by atoms with van der Waals surface area (Å²) < 4.78 is 5.35. The van der Waals surface area contributed by atoms with Crippen molar-refractivity contribution in [1.29, 1.82) is 0 Å². The zero-order chi connectivity index (χ0) is 13.6. The third-order valence-corrected chi connectivity index (χ3v) is 4.07. The molecule has 2 fully saturated rings. The molecule has 1 aromatic heterocycles. The van der Waals surface area contributed by atoms with Crippen molar-refractivity contribution in [1.82, 2.24) is 10.6 Å². The van der Waals surface area contributed by atoms with Gasteiger partial charge < -0.3 is 15.1 Å². The van der Waals surface area contributed by atoms with Gasteiger partial charge in [0.2, 0.25) is 0 Å². The normalized spacial score (nSPS) is 19.9. The smallest absolute Gasteiger partial charge is 0.191 e. The Morgan fingerprint density at radius 2 is 1.81 bits per heavy atom. The molecule has 4 nitrogen and oxygen atoms in total. The zero-order valence-corrected chi connectivity index (χ0v) is 14.8. The molecule has 0 aromatic carbocycles. The molecular formula is C16H26IN3O. The highest BCUT2D eigenvalue weighted by Gasteiger charge is 2.23. The SMILES string of the molecule is I.c1coc(CCN=C(NC2CCCCC2)NC2CC2)c1. The standard InChI is InChI=1S/C16H25N3O.HI/c1-2-5-13(6-3-1)18-16(19-14-8-9-14)17-11-10-15-7-4-12-20-15;/h4,7,12-14H,1-3,5-6,8-11H2,(H2,17,18,19);1H. The molecule has 0 saturated heterocycles. The molecular weight excluding hydrogens is 377 g/mol. The first kappa shape index (κ1) is 16.6. The summed E-state index contributed by atoms with van der Waals surface area (Å²) in [5.74, 6) is 2.02. The third-order valence-electron chi connectivity index (χ3n) is 4.07. The minimum Gasteiger partial charge on any atom is -0.469 e. The summed E-state index contributed by atoms with van der Waals surface area (Å²) >= 11 is 0. The van der Waals surface area contributed by atoms with E-state index in [9.17, 15) is 0 Å². The number of furan rings is 1. The number of hydrogen-bond acceptors (Lipinski definition) is 2. The summed E-state index contributed by atoms with van der Waals surface area (Å²) in [6, 6.07) is 5.20. The third kappa shape index (κ3) is 5.88. The number of nitrogens with zero attached hydrogens (tertiary/aromatic N) is 1. The molecule has 118 valence electrons. The molecule has 2 saturated carbocycles. The van der Waals surface area contributed by atoms with E-state index in [4.69, 9.17) is 9.41 Å². The Kier molecular flexibility index (Phi) is 6.86. The van der Waals surface area contributed by atoms with E-state index in [-0.39, 0.29) is 24.0 Å². The molecule has 0 amide bonds. The first-order valence-corrected chi connectivity index (χ1v) is 8.00. The fourth-order valence-electron chi connectivity index (χ4n) is 2.73. The van der Waals surface area contributed by atoms with E-state index >= 15 is 0 Å². The predicted molar refractivity (Wildman–Crippen MR) is 96.3 cm³/mol. The van der Waals surface area contributed by atoms with Gasteiger partial charge in [0.15, 0.2) is 5.96 Å². The minimum absolute atomic E-state index is 0. The van der Waals surface area contributed by atoms with E-state index in [0.29, 0.717) is 12.1 Å². The molecule has 0 bridgehead atoms. The number of nitrogens with one attached hydrogen (secondary N) is 2. The molecule has 21 heavy (non-hydrogen) atoms. The van der Waals surface area contributed by atoms with Crippen molar-refractivity contribution in [3.8, 4) is 0 Å². The minimum atomic E-state index is 0. The summed E-state index contributed by atoms with van der Waals surface area (Å²) in [5.41, 5.74) is 0. The van der Waals surface area contributed by atoms with Crippen molar-refractivity contribution in [3.63, 3.8) is 0 Å². The Morgan fingerprint density at radius 3 is 2.43 bits per heavy atom. The maximum atomic E-state index is 5.35. The van der Waals surface area contributed by atoms with Crippen LogP contribution < -0.4 is 10.6 Å². The second-order valence-electron chi connectivity index (χ2n) is 5.96. The maximum Gasteiger partial charge on any atom is 0.191 e. The molecule has 2 aliphatic carbocycles. The fraction of sp³-hybridized carbons (Fsp3) is 0.688. The van der Waals surface area contributed by atoms with Crippen LogP contribution in [0.5, 0.6) is 0 Å². The van der Waals surface area contributed by atoms with Gasteiger partial charge in [-0.15, -0.1) is 24.0 Å². The summed E-state index contributed by atoms with van der Waals surface area (Å²) in [4.78, 5) is 4.71. The Labute approximate surface area is 144 Å². The summed E-state index contributed by atoms with van der Waals surface area (Å²) in [6.07, 6.45) is 11.8. The maximum absolute atomic E-state index is 5.35. The van der Waals surface area contributed by atoms with Crippen LogP contribution in [0.4, 0.5) is 0 Å². The van der Waals surface area contributed by atoms with Gasteiger partial charge in [0.25, 0.3) is 0 Å². The van der Waals surface area contributed by atoms with Gasteiger partial charge in [0, 0.05) is 25.0 Å². The van der Waals surface area contributed by atoms with Crippen LogP contribution in [0.2, 0.25) is 0 Å². The quantitative estimate of drug-likeness (QED) is 0.450. The molecule has 3 rings (SSSR count). The number of hydrogen-bond donors (Lipinski definition) is 2. The molecule has 1 aromatic rings. The van der Waals surface area contributed by atoms with Crippen LogP contribution in [-0.4, -0.2) is 24.6 Å². The van der Waals surface area contributed by atoms with Gasteiger partial charge in [0.1, 0.15) is 5.76 Å². The zero-order valence-electron chi connectivity index (χ0n) is 12.5. The molecule has 0 unspecified atom stereocenters. The average Bonchev–Trinajstić information content (AvgIpc) is 3.13. The Bertz CT molecular complexity index is 423. The van der Waals surface area contributed by atoms with Crippen molar-refractivity contribution < 1.29 is 4.42 Å². The lowest BCUT2D eigenvalue weighted by Gasteiger charge is -2.25. The molecule has 0 radical (unpaired) electrons. The first-order valence-electron chi connectivity index (χ1n) is 8.00. The van der Waals surface area contributed by atoms with Crippen LogP contribution in [0.3, 0.4) is 0 Å². The highest BCUT2D eigenvalue weighted by Crippen LogP contribution is 2.20. The number of aliphatic imine (C=N–C) groups is 1. The number of guanidine groups is 1. The lowest BCUT2D eigenvalue weighted by atomic mass is 9.96. The van der Waals surface area contributed by atoms with E-state index in [0.717, 1.165) is 24.7 Å². The molecule has 0 aliphatic heterocycles. The van der Waals surface area contributed by atoms with E-state index in [1.54, 1.807) is 6.26 Å². The summed E-state index contributed by atoms with van der Waals surface area (Å²) in [6.45, 7) is 0.780. The molecule has 0 atom stereocenters. The molecule has 5 heteroatoms. The highest BCUT2D eigenvalue weighted by molar-refractivity contribution is 14.0. The second-order valence-corrected chi connectivity index (χ2v) is 5.96. The summed E-state index contributed by atoms with van der Waals surface area (Å²) in [7, 11) is 0. The van der Waals surface area contributed by atoms with Crippen molar-refractivity contribution in [2.45, 2.75) is 63.5 Å². The van der Waals surface area contributed by atoms with E-state index in [1.807, 2.05) is 12.1 Å². The van der Waals surface area contributed by atoms with Crippen molar-refractivity contribution in [2.75, 3.05) is 6.54 Å². The van der Waals surface area contributed by atoms with Gasteiger partial charge >= 0.3 is 0 Å². The van der Waals surface area contributed by atoms with Gasteiger partial charge in [-0.1, -0.05) is 19.3 Å². The van der Waals surface area contributed by atoms with Gasteiger partial charge in [-0.25, -0.2) is 0 Å². The largest absolute Gasteiger partial charge is 0.469 e. The Hall–Kier alpha value is -0.720. The van der Waals surface area contributed by atoms with Gasteiger partial charge in [-0.05, 0) is 37.8 Å². The fourth-order valence-corrected chi connectivity index (χ4v) is 2.73. The predicted octanol–water partition coefficient (Wildman–Crippen LogP) is 3.47. The second kappa shape index (κ2) is 8.66. The van der Waals surface area contributed by atoms with Gasteiger partial charge in [-0.2, -0.15) is 0 Å². The lowest BCUT2D eigenvalue weighted by molar-refractivity contribution is 0.409. The number of halogens is 1. The monoisotopic (exact) mass is 403 g/mol. The lowest BCUT2D eigenvalue weighted by Crippen LogP contribution is -2.45. The van der Waals surface area contributed by atoms with Crippen LogP contribution in [0.25, 0.3) is 0 Å². The molecule has 1 heterocycles. The van der Waals surface area contributed by atoms with E-state index in [1.165, 1.54) is 44.9 Å². The number of rotatable bonds is 5. The molecule has 0 spiro atoms. The van der Waals surface area contributed by atoms with Crippen molar-refractivity contribution in [3.05, 3.63) is 24.2 Å². The van der Waals surface area contributed by atoms with Crippen LogP contribution in [0, 0.1) is 0 Å². The molecule has 2 aliphatic rings.